The van der Waals surface area contributed by atoms with Crippen molar-refractivity contribution in [3.63, 3.8) is 0 Å². The van der Waals surface area contributed by atoms with Crippen LogP contribution in [0, 0.1) is 0 Å². The summed E-state index contributed by atoms with van der Waals surface area (Å²) in [5.74, 6) is -1.41. The first-order valence-corrected chi connectivity index (χ1v) is 6.76. The number of amides is 2. The Balaban J connectivity index is 2.13. The van der Waals surface area contributed by atoms with Gasteiger partial charge in [-0.15, -0.1) is 0 Å². The Morgan fingerprint density at radius 3 is 2.73 bits per heavy atom. The normalized spacial score (nSPS) is 18.6. The smallest absolute Gasteiger partial charge is 0.373 e. The number of nitrogens with two attached hydrogens (primary N) is 1. The van der Waals surface area contributed by atoms with E-state index in [-0.39, 0.29) is 29.2 Å². The second kappa shape index (κ2) is 6.04. The Morgan fingerprint density at radius 1 is 1.45 bits per heavy atom. The molecule has 1 aromatic rings. The maximum atomic E-state index is 12.4. The fraction of sp³-hybridized carbons (Fsp3) is 0.385. The van der Waals surface area contributed by atoms with Gasteiger partial charge in [-0.25, -0.2) is 0 Å². The Kier molecular flexibility index (Phi) is 4.50. The van der Waals surface area contributed by atoms with Gasteiger partial charge in [0.05, 0.1) is 5.56 Å². The van der Waals surface area contributed by atoms with Gasteiger partial charge in [-0.3, -0.25) is 9.59 Å². The number of alkyl halides is 3. The molecule has 2 amide bonds. The predicted molar refractivity (Wildman–Crippen MR) is 74.6 cm³/mol. The van der Waals surface area contributed by atoms with Crippen LogP contribution in [0.5, 0.6) is 0 Å². The molecule has 9 heteroatoms. The second-order valence-electron chi connectivity index (χ2n) is 4.91. The lowest BCUT2D eigenvalue weighted by molar-refractivity contribution is -0.157. The number of carbonyl (C=O) groups excluding carboxylic acids is 2. The molecule has 0 aromatic heterocycles. The number of anilines is 1. The molecule has 120 valence electrons. The molecule has 5 nitrogen and oxygen atoms in total. The van der Waals surface area contributed by atoms with Gasteiger partial charge in [0, 0.05) is 17.3 Å². The third-order valence-corrected chi connectivity index (χ3v) is 3.48. The number of nitrogens with zero attached hydrogens (tertiary/aromatic N) is 1. The second-order valence-corrected chi connectivity index (χ2v) is 5.35. The van der Waals surface area contributed by atoms with Gasteiger partial charge in [0.2, 0.25) is 5.91 Å². The number of nitrogens with one attached hydrogen (secondary N) is 1. The molecular formula is C13H13ClF3N3O2. The highest BCUT2D eigenvalue weighted by molar-refractivity contribution is 6.31. The molecule has 1 aromatic carbocycles. The average molecular weight is 336 g/mol. The van der Waals surface area contributed by atoms with Crippen LogP contribution in [0.4, 0.5) is 18.9 Å². The standard InChI is InChI=1S/C13H13ClF3N3O2/c14-7-1-2-9(8(5-7)11(18)21)19-10-3-4-20(12(10)22)6-13(15,16)17/h1-2,5,10,19H,3-4,6H2,(H2,18,21). The van der Waals surface area contributed by atoms with Crippen molar-refractivity contribution in [3.8, 4) is 0 Å². The summed E-state index contributed by atoms with van der Waals surface area (Å²) in [6.45, 7) is -1.29. The molecule has 1 aliphatic heterocycles. The van der Waals surface area contributed by atoms with Gasteiger partial charge in [-0.05, 0) is 24.6 Å². The zero-order chi connectivity index (χ0) is 16.5. The van der Waals surface area contributed by atoms with Crippen LogP contribution in [0.1, 0.15) is 16.8 Å². The van der Waals surface area contributed by atoms with Crippen LogP contribution in [0.2, 0.25) is 5.02 Å². The Labute approximate surface area is 129 Å². The third-order valence-electron chi connectivity index (χ3n) is 3.24. The Bertz CT molecular complexity index is 607. The van der Waals surface area contributed by atoms with Crippen molar-refractivity contribution < 1.29 is 22.8 Å². The molecule has 0 spiro atoms. The minimum Gasteiger partial charge on any atom is -0.373 e. The molecule has 0 radical (unpaired) electrons. The first kappa shape index (κ1) is 16.4. The summed E-state index contributed by atoms with van der Waals surface area (Å²) in [6.07, 6.45) is -4.24. The molecule has 1 aliphatic rings. The van der Waals surface area contributed by atoms with E-state index >= 15 is 0 Å². The number of hydrogen-bond donors (Lipinski definition) is 2. The van der Waals surface area contributed by atoms with Crippen molar-refractivity contribution in [2.24, 2.45) is 5.73 Å². The molecule has 0 saturated carbocycles. The number of carbonyl (C=O) groups is 2. The van der Waals surface area contributed by atoms with Crippen molar-refractivity contribution in [2.75, 3.05) is 18.4 Å². The van der Waals surface area contributed by atoms with E-state index in [2.05, 4.69) is 5.32 Å². The molecule has 1 atom stereocenters. The third kappa shape index (κ3) is 3.82. The van der Waals surface area contributed by atoms with Crippen molar-refractivity contribution in [2.45, 2.75) is 18.6 Å². The van der Waals surface area contributed by atoms with E-state index in [1.54, 1.807) is 0 Å². The van der Waals surface area contributed by atoms with E-state index < -0.39 is 30.6 Å². The molecule has 3 N–H and O–H groups in total. The van der Waals surface area contributed by atoms with E-state index in [1.807, 2.05) is 0 Å². The SMILES string of the molecule is NC(=O)c1cc(Cl)ccc1NC1CCN(CC(F)(F)F)C1=O. The van der Waals surface area contributed by atoms with E-state index in [4.69, 9.17) is 17.3 Å². The minimum absolute atomic E-state index is 0.00446. The van der Waals surface area contributed by atoms with Crippen LogP contribution in [0.15, 0.2) is 18.2 Å². The van der Waals surface area contributed by atoms with Crippen LogP contribution in [0.3, 0.4) is 0 Å². The first-order valence-electron chi connectivity index (χ1n) is 6.39. The van der Waals surface area contributed by atoms with Gasteiger partial charge in [-0.2, -0.15) is 13.2 Å². The van der Waals surface area contributed by atoms with Crippen molar-refractivity contribution in [3.05, 3.63) is 28.8 Å². The van der Waals surface area contributed by atoms with Crippen LogP contribution in [-0.2, 0) is 4.79 Å². The topological polar surface area (TPSA) is 75.4 Å². The maximum Gasteiger partial charge on any atom is 0.406 e. The van der Waals surface area contributed by atoms with Crippen molar-refractivity contribution >= 4 is 29.1 Å². The summed E-state index contributed by atoms with van der Waals surface area (Å²) in [6, 6.07) is 3.45. The quantitative estimate of drug-likeness (QED) is 0.884. The number of primary amides is 1. The molecule has 1 saturated heterocycles. The minimum atomic E-state index is -4.44. The highest BCUT2D eigenvalue weighted by Crippen LogP contribution is 2.25. The van der Waals surface area contributed by atoms with Gasteiger partial charge in [0.15, 0.2) is 0 Å². The van der Waals surface area contributed by atoms with Crippen LogP contribution >= 0.6 is 11.6 Å². The lowest BCUT2D eigenvalue weighted by Gasteiger charge is -2.19. The fourth-order valence-electron chi connectivity index (χ4n) is 2.28. The molecule has 0 bridgehead atoms. The van der Waals surface area contributed by atoms with Crippen molar-refractivity contribution in [1.29, 1.82) is 0 Å². The van der Waals surface area contributed by atoms with E-state index in [1.165, 1.54) is 18.2 Å². The number of hydrogen-bond acceptors (Lipinski definition) is 3. The van der Waals surface area contributed by atoms with Crippen LogP contribution < -0.4 is 11.1 Å². The molecule has 22 heavy (non-hydrogen) atoms. The molecule has 1 unspecified atom stereocenters. The van der Waals surface area contributed by atoms with Crippen LogP contribution in [0.25, 0.3) is 0 Å². The molecule has 0 aliphatic carbocycles. The largest absolute Gasteiger partial charge is 0.406 e. The van der Waals surface area contributed by atoms with E-state index in [0.29, 0.717) is 0 Å². The summed E-state index contributed by atoms with van der Waals surface area (Å²) in [5, 5.41) is 3.05. The summed E-state index contributed by atoms with van der Waals surface area (Å²) in [7, 11) is 0. The van der Waals surface area contributed by atoms with E-state index in [9.17, 15) is 22.8 Å². The summed E-state index contributed by atoms with van der Waals surface area (Å²) < 4.78 is 37.1. The lowest BCUT2D eigenvalue weighted by atomic mass is 10.1. The fourth-order valence-corrected chi connectivity index (χ4v) is 2.45. The Hall–Kier alpha value is -1.96. The molecular weight excluding hydrogens is 323 g/mol. The Morgan fingerprint density at radius 2 is 2.14 bits per heavy atom. The predicted octanol–water partition coefficient (Wildman–Crippen LogP) is 2.01. The van der Waals surface area contributed by atoms with E-state index in [0.717, 1.165) is 4.90 Å². The number of rotatable bonds is 4. The molecule has 1 heterocycles. The zero-order valence-electron chi connectivity index (χ0n) is 11.3. The summed E-state index contributed by atoms with van der Waals surface area (Å²) >= 11 is 5.77. The van der Waals surface area contributed by atoms with Gasteiger partial charge in [0.25, 0.3) is 5.91 Å². The van der Waals surface area contributed by atoms with Gasteiger partial charge < -0.3 is 16.0 Å². The number of likely N-dealkylation sites (tertiary alicyclic amines) is 1. The van der Waals surface area contributed by atoms with Gasteiger partial charge >= 0.3 is 6.18 Å². The molecule has 2 rings (SSSR count). The highest BCUT2D eigenvalue weighted by atomic mass is 35.5. The zero-order valence-corrected chi connectivity index (χ0v) is 12.0. The molecule has 1 fully saturated rings. The monoisotopic (exact) mass is 335 g/mol. The van der Waals surface area contributed by atoms with Gasteiger partial charge in [-0.1, -0.05) is 11.6 Å². The number of halogens is 4. The lowest BCUT2D eigenvalue weighted by Crippen LogP contribution is -2.39. The first-order chi connectivity index (χ1) is 10.2. The van der Waals surface area contributed by atoms with Crippen LogP contribution in [-0.4, -0.2) is 42.0 Å². The number of benzene rings is 1. The highest BCUT2D eigenvalue weighted by Gasteiger charge is 2.39. The summed E-state index contributed by atoms with van der Waals surface area (Å²) in [4.78, 5) is 24.1. The maximum absolute atomic E-state index is 12.4. The van der Waals surface area contributed by atoms with Crippen molar-refractivity contribution in [1.82, 2.24) is 4.90 Å². The summed E-state index contributed by atoms with van der Waals surface area (Å²) in [5.41, 5.74) is 5.57. The average Bonchev–Trinajstić information content (AvgIpc) is 2.71. The van der Waals surface area contributed by atoms with Gasteiger partial charge in [0.1, 0.15) is 12.6 Å².